The molecule has 488 valence electrons. The van der Waals surface area contributed by atoms with Gasteiger partial charge in [-0.05, 0) is 44.4 Å². The second-order valence-corrected chi connectivity index (χ2v) is 26.0. The zero-order valence-corrected chi connectivity index (χ0v) is 55.8. The quantitative estimate of drug-likeness (QED) is 0.0293. The first-order valence-electron chi connectivity index (χ1n) is 26.9. The van der Waals surface area contributed by atoms with Gasteiger partial charge in [0.2, 0.25) is 51.6 Å². The molecule has 0 unspecified atom stereocenters. The number of alkyl carbamates (subject to hydrolysis) is 3. The van der Waals surface area contributed by atoms with Crippen molar-refractivity contribution in [1.29, 1.82) is 0 Å². The van der Waals surface area contributed by atoms with E-state index in [1.807, 2.05) is 0 Å². The van der Waals surface area contributed by atoms with Crippen molar-refractivity contribution in [1.82, 2.24) is 51.5 Å². The molecule has 6 atom stereocenters. The fourth-order valence-electron chi connectivity index (χ4n) is 7.15. The zero-order chi connectivity index (χ0) is 66.1. The molecule has 0 aromatic heterocycles. The van der Waals surface area contributed by atoms with E-state index in [2.05, 4.69) is 31.9 Å². The number of carboxylic acids is 1. The summed E-state index contributed by atoms with van der Waals surface area (Å²) >= 11 is 5.73. The maximum absolute atomic E-state index is 14.5. The Kier molecular flexibility index (Phi) is 36.0. The van der Waals surface area contributed by atoms with Gasteiger partial charge in [-0.3, -0.25) is 43.2 Å². The second-order valence-electron chi connectivity index (χ2n) is 20.1. The number of nitrogens with zero attached hydrogens (tertiary/aromatic N) is 4. The van der Waals surface area contributed by atoms with E-state index in [1.54, 1.807) is 93.9 Å². The molecule has 33 heteroatoms. The summed E-state index contributed by atoms with van der Waals surface area (Å²) in [5.74, 6) is -7.04. The molecule has 2 aromatic rings. The number of hydrogen-bond donors (Lipinski definition) is 7. The van der Waals surface area contributed by atoms with Crippen molar-refractivity contribution in [3.05, 3.63) is 71.8 Å². The first kappa shape index (κ1) is 77.5. The van der Waals surface area contributed by atoms with Gasteiger partial charge in [0.15, 0.2) is 0 Å². The third kappa shape index (κ3) is 29.6. The standard InChI is InChI=1S/C55H80N10O17S6/c1-34(66)58-32-85-30-40(47(71)65(9)43(29-84-11)51(76)88-27-39(49(73)74)61-54(79)81-25-37-20-16-13-17-21-37)62(6)44(68)22-56-46(70)38(60-53(78)80-24-36-18-14-12-15-19-36)26-87-50(75)42(28-83-10)64(8)48(72)41(31-86-33-59-35(2)67)63(7)45(69)23-57-52(77)82-55(3,4)5/h12-21,38-43H,22-33H2,1-11H3,(H,56,70)(H,57,77)(H,58,66)(H,59,67)(H,60,78)(H,61,79)(H,73,74)/t38-,39-,40+,41+,42+,43+/m1/s1. The Bertz CT molecular complexity index is 2680. The van der Waals surface area contributed by atoms with Crippen molar-refractivity contribution < 1.29 is 81.6 Å². The molecular weight excluding hydrogens is 1270 g/mol. The molecule has 0 bridgehead atoms. The summed E-state index contributed by atoms with van der Waals surface area (Å²) in [7, 11) is 5.30. The molecule has 88 heavy (non-hydrogen) atoms. The van der Waals surface area contributed by atoms with Crippen LogP contribution in [0.3, 0.4) is 0 Å². The van der Waals surface area contributed by atoms with Crippen LogP contribution < -0.4 is 31.9 Å². The molecule has 0 aliphatic rings. The van der Waals surface area contributed by atoms with E-state index in [9.17, 15) is 67.4 Å². The van der Waals surface area contributed by atoms with Crippen LogP contribution in [-0.2, 0) is 75.4 Å². The number of nitrogens with one attached hydrogen (secondary N) is 6. The number of benzene rings is 2. The summed E-state index contributed by atoms with van der Waals surface area (Å²) in [4.78, 5) is 177. The number of carboxylic acid groups (broad SMARTS) is 1. The third-order valence-electron chi connectivity index (χ3n) is 12.1. The minimum absolute atomic E-state index is 0.0131. The largest absolute Gasteiger partial charge is 0.480 e. The average molecular weight is 1350 g/mol. The number of aliphatic carboxylic acids is 1. The Labute approximate surface area is 537 Å². The number of rotatable bonds is 36. The zero-order valence-electron chi connectivity index (χ0n) is 50.9. The van der Waals surface area contributed by atoms with Gasteiger partial charge >= 0.3 is 24.2 Å². The molecule has 2 rings (SSSR count). The number of carbonyl (C=O) groups excluding carboxylic acids is 12. The first-order valence-corrected chi connectivity index (χ1v) is 34.0. The minimum Gasteiger partial charge on any atom is -0.480 e. The van der Waals surface area contributed by atoms with Crippen molar-refractivity contribution in [3.8, 4) is 0 Å². The van der Waals surface area contributed by atoms with Gasteiger partial charge in [0.25, 0.3) is 0 Å². The lowest BCUT2D eigenvalue weighted by atomic mass is 10.2. The number of thioether (sulfide) groups is 6. The normalized spacial score (nSPS) is 13.0. The average Bonchev–Trinajstić information content (AvgIpc) is 2.37. The number of carbonyl (C=O) groups is 13. The molecule has 0 spiro atoms. The molecule has 0 fully saturated rings. The van der Waals surface area contributed by atoms with E-state index in [0.717, 1.165) is 43.1 Å². The highest BCUT2D eigenvalue weighted by Crippen LogP contribution is 2.22. The summed E-state index contributed by atoms with van der Waals surface area (Å²) in [5, 5.41) is 23.3. The Balaban J connectivity index is 2.39. The van der Waals surface area contributed by atoms with Crippen molar-refractivity contribution in [2.24, 2.45) is 0 Å². The van der Waals surface area contributed by atoms with Crippen molar-refractivity contribution in [2.75, 3.05) is 100 Å². The Hall–Kier alpha value is -6.55. The van der Waals surface area contributed by atoms with Crippen molar-refractivity contribution >= 4 is 146 Å². The molecule has 10 amide bonds. The summed E-state index contributed by atoms with van der Waals surface area (Å²) in [5.41, 5.74) is 0.394. The van der Waals surface area contributed by atoms with Crippen molar-refractivity contribution in [3.63, 3.8) is 0 Å². The van der Waals surface area contributed by atoms with E-state index in [4.69, 9.17) is 14.2 Å². The fourth-order valence-corrected chi connectivity index (χ4v) is 12.8. The SMILES string of the molecule is CSC[C@@H](C(=O)SC[C@@H](NC(=O)OCc1ccccc1)C(=O)NCC(=O)N(C)[C@@H](CSCNC(C)=O)C(=O)N(C)[C@@H](CSC)C(=O)SC[C@@H](NC(=O)OCc1ccccc1)C(=O)O)N(C)C(=O)[C@H](CSCNC(C)=O)N(C)C(=O)CNC(=O)OC(C)(C)C. The first-order chi connectivity index (χ1) is 41.5. The topological polar surface area (TPSA) is 355 Å². The van der Waals surface area contributed by atoms with Gasteiger partial charge < -0.3 is 70.8 Å². The Morgan fingerprint density at radius 3 is 1.26 bits per heavy atom. The predicted octanol–water partition coefficient (Wildman–Crippen LogP) is 2.51. The van der Waals surface area contributed by atoms with Crippen LogP contribution in [0.1, 0.15) is 45.7 Å². The van der Waals surface area contributed by atoms with Gasteiger partial charge in [0.05, 0.1) is 18.3 Å². The lowest BCUT2D eigenvalue weighted by Crippen LogP contribution is -2.56. The minimum atomic E-state index is -1.58. The highest BCUT2D eigenvalue weighted by Gasteiger charge is 2.38. The predicted molar refractivity (Wildman–Crippen MR) is 342 cm³/mol. The van der Waals surface area contributed by atoms with Gasteiger partial charge in [-0.25, -0.2) is 19.2 Å². The van der Waals surface area contributed by atoms with Crippen LogP contribution in [0.4, 0.5) is 14.4 Å². The molecule has 0 aliphatic heterocycles. The summed E-state index contributed by atoms with van der Waals surface area (Å²) < 4.78 is 15.8. The van der Waals surface area contributed by atoms with E-state index in [0.29, 0.717) is 34.7 Å². The second kappa shape index (κ2) is 40.9. The van der Waals surface area contributed by atoms with E-state index >= 15 is 0 Å². The molecule has 0 heterocycles. The molecule has 7 N–H and O–H groups in total. The lowest BCUT2D eigenvalue weighted by molar-refractivity contribution is -0.144. The monoisotopic (exact) mass is 1340 g/mol. The Morgan fingerprint density at radius 1 is 0.500 bits per heavy atom. The van der Waals surface area contributed by atoms with Crippen LogP contribution in [0.5, 0.6) is 0 Å². The number of hydrogen-bond acceptors (Lipinski definition) is 22. The van der Waals surface area contributed by atoms with E-state index in [1.165, 1.54) is 65.6 Å². The highest BCUT2D eigenvalue weighted by atomic mass is 32.2. The molecule has 27 nitrogen and oxygen atoms in total. The van der Waals surface area contributed by atoms with Crippen LogP contribution in [0.15, 0.2) is 60.7 Å². The molecule has 0 radical (unpaired) electrons. The summed E-state index contributed by atoms with van der Waals surface area (Å²) in [6.07, 6.45) is 0.376. The van der Waals surface area contributed by atoms with E-state index < -0.39 is 130 Å². The van der Waals surface area contributed by atoms with Crippen LogP contribution in [-0.4, -0.2) is 242 Å². The highest BCUT2D eigenvalue weighted by molar-refractivity contribution is 8.14. The van der Waals surface area contributed by atoms with Crippen LogP contribution in [0.2, 0.25) is 0 Å². The lowest BCUT2D eigenvalue weighted by Gasteiger charge is -2.34. The van der Waals surface area contributed by atoms with Gasteiger partial charge in [-0.2, -0.15) is 23.5 Å². The van der Waals surface area contributed by atoms with Gasteiger partial charge in [0.1, 0.15) is 61.6 Å². The van der Waals surface area contributed by atoms with Gasteiger partial charge in [-0.1, -0.05) is 84.2 Å². The van der Waals surface area contributed by atoms with Crippen LogP contribution in [0.25, 0.3) is 0 Å². The third-order valence-corrected chi connectivity index (χ3v) is 17.3. The fraction of sp³-hybridized carbons (Fsp3) is 0.545. The number of likely N-dealkylation sites (N-methyl/N-ethyl adjacent to an activating group) is 4. The maximum Gasteiger partial charge on any atom is 0.408 e. The molecule has 2 aromatic carbocycles. The Morgan fingerprint density at radius 2 is 0.886 bits per heavy atom. The van der Waals surface area contributed by atoms with Crippen LogP contribution >= 0.6 is 70.6 Å². The number of ether oxygens (including phenoxy) is 3. The van der Waals surface area contributed by atoms with Gasteiger partial charge in [-0.15, -0.1) is 23.5 Å². The molecule has 0 saturated carbocycles. The maximum atomic E-state index is 14.5. The van der Waals surface area contributed by atoms with Gasteiger partial charge in [0, 0.05) is 76.6 Å². The molecular formula is C55H80N10O17S6. The summed E-state index contributed by atoms with van der Waals surface area (Å²) in [6.45, 7) is 5.84. The van der Waals surface area contributed by atoms with E-state index in [-0.39, 0.29) is 59.8 Å². The number of amides is 10. The summed E-state index contributed by atoms with van der Waals surface area (Å²) in [6, 6.07) is 9.14. The molecule has 0 saturated heterocycles. The van der Waals surface area contributed by atoms with Crippen molar-refractivity contribution in [2.45, 2.75) is 89.7 Å². The van der Waals surface area contributed by atoms with Crippen LogP contribution in [0, 0.1) is 0 Å². The molecule has 0 aliphatic carbocycles. The smallest absolute Gasteiger partial charge is 0.408 e.